The highest BCUT2D eigenvalue weighted by Crippen LogP contribution is 2.44. The van der Waals surface area contributed by atoms with Crippen molar-refractivity contribution in [2.75, 3.05) is 13.7 Å². The minimum Gasteiger partial charge on any atom is -0.467 e. The molecule has 2 aromatic carbocycles. The smallest absolute Gasteiger partial charge is 0.345 e. The Labute approximate surface area is 141 Å². The van der Waals surface area contributed by atoms with Gasteiger partial charge in [-0.2, -0.15) is 0 Å². The van der Waals surface area contributed by atoms with E-state index in [2.05, 4.69) is 15.9 Å². The first-order chi connectivity index (χ1) is 10.5. The lowest BCUT2D eigenvalue weighted by atomic mass is 10.00. The summed E-state index contributed by atoms with van der Waals surface area (Å²) in [4.78, 5) is 11.8. The maximum atomic E-state index is 11.8. The number of methoxy groups -OCH3 is 1. The first-order valence-corrected chi connectivity index (χ1v) is 7.68. The van der Waals surface area contributed by atoms with Crippen molar-refractivity contribution < 1.29 is 19.0 Å². The van der Waals surface area contributed by atoms with Crippen LogP contribution in [0.1, 0.15) is 5.56 Å². The van der Waals surface area contributed by atoms with Crippen LogP contribution in [0.2, 0.25) is 5.02 Å². The summed E-state index contributed by atoms with van der Waals surface area (Å²) in [6, 6.07) is 12.4. The maximum Gasteiger partial charge on any atom is 0.345 e. The van der Waals surface area contributed by atoms with Crippen molar-refractivity contribution in [2.24, 2.45) is 0 Å². The van der Waals surface area contributed by atoms with Gasteiger partial charge in [0.15, 0.2) is 0 Å². The Balaban J connectivity index is 1.84. The van der Waals surface area contributed by atoms with Crippen molar-refractivity contribution in [2.45, 2.75) is 5.60 Å². The predicted molar refractivity (Wildman–Crippen MR) is 85.3 cm³/mol. The SMILES string of the molecule is COC(=O)C1(c2ccc(Oc3ccc(Cl)cc3)cc2Br)CO1. The summed E-state index contributed by atoms with van der Waals surface area (Å²) in [5.41, 5.74) is -0.269. The topological polar surface area (TPSA) is 48.1 Å². The van der Waals surface area contributed by atoms with E-state index in [4.69, 9.17) is 25.8 Å². The van der Waals surface area contributed by atoms with Gasteiger partial charge in [0.1, 0.15) is 11.5 Å². The zero-order valence-electron chi connectivity index (χ0n) is 11.6. The van der Waals surface area contributed by atoms with Gasteiger partial charge in [-0.25, -0.2) is 4.79 Å². The molecule has 1 saturated heterocycles. The van der Waals surface area contributed by atoms with Gasteiger partial charge in [0, 0.05) is 15.1 Å². The van der Waals surface area contributed by atoms with E-state index in [9.17, 15) is 4.79 Å². The summed E-state index contributed by atoms with van der Waals surface area (Å²) in [5.74, 6) is 0.910. The number of ether oxygens (including phenoxy) is 3. The lowest BCUT2D eigenvalue weighted by Crippen LogP contribution is -2.24. The van der Waals surface area contributed by atoms with Crippen LogP contribution in [0.4, 0.5) is 0 Å². The highest BCUT2D eigenvalue weighted by Gasteiger charge is 2.56. The molecule has 0 saturated carbocycles. The number of carbonyl (C=O) groups is 1. The van der Waals surface area contributed by atoms with Gasteiger partial charge in [-0.1, -0.05) is 33.6 Å². The number of hydrogen-bond acceptors (Lipinski definition) is 4. The van der Waals surface area contributed by atoms with Gasteiger partial charge in [-0.15, -0.1) is 0 Å². The fourth-order valence-corrected chi connectivity index (χ4v) is 2.95. The first kappa shape index (κ1) is 15.3. The molecular formula is C16H12BrClO4. The summed E-state index contributed by atoms with van der Waals surface area (Å²) in [5, 5.41) is 0.648. The number of esters is 1. The van der Waals surface area contributed by atoms with Crippen LogP contribution in [0.15, 0.2) is 46.9 Å². The van der Waals surface area contributed by atoms with Crippen LogP contribution >= 0.6 is 27.5 Å². The monoisotopic (exact) mass is 382 g/mol. The van der Waals surface area contributed by atoms with Gasteiger partial charge in [0.25, 0.3) is 0 Å². The van der Waals surface area contributed by atoms with Gasteiger partial charge in [0.2, 0.25) is 5.60 Å². The molecule has 1 heterocycles. The molecule has 6 heteroatoms. The third kappa shape index (κ3) is 2.84. The van der Waals surface area contributed by atoms with Crippen LogP contribution in [-0.2, 0) is 19.9 Å². The van der Waals surface area contributed by atoms with Crippen molar-refractivity contribution in [1.29, 1.82) is 0 Å². The average Bonchev–Trinajstić information content (AvgIpc) is 3.30. The van der Waals surface area contributed by atoms with Gasteiger partial charge in [-0.05, 0) is 36.4 Å². The second kappa shape index (κ2) is 5.91. The molecule has 1 atom stereocenters. The molecule has 3 rings (SSSR count). The van der Waals surface area contributed by atoms with Gasteiger partial charge >= 0.3 is 5.97 Å². The summed E-state index contributed by atoms with van der Waals surface area (Å²) in [6.45, 7) is 0.315. The lowest BCUT2D eigenvalue weighted by Gasteiger charge is -2.13. The third-order valence-electron chi connectivity index (χ3n) is 3.37. The second-order valence-electron chi connectivity index (χ2n) is 4.80. The van der Waals surface area contributed by atoms with Crippen molar-refractivity contribution in [1.82, 2.24) is 0 Å². The van der Waals surface area contributed by atoms with Gasteiger partial charge in [0.05, 0.1) is 13.7 Å². The molecule has 0 aliphatic carbocycles. The standard InChI is InChI=1S/C16H12BrClO4/c1-20-15(19)16(9-21-16)13-7-6-12(8-14(13)17)22-11-4-2-10(18)3-5-11/h2-8H,9H2,1H3. The van der Waals surface area contributed by atoms with Crippen molar-refractivity contribution in [3.05, 3.63) is 57.5 Å². The molecule has 4 nitrogen and oxygen atoms in total. The van der Waals surface area contributed by atoms with E-state index in [0.29, 0.717) is 23.1 Å². The minimum atomic E-state index is -0.994. The number of benzene rings is 2. The van der Waals surface area contributed by atoms with Crippen LogP contribution in [0, 0.1) is 0 Å². The Morgan fingerprint density at radius 1 is 1.23 bits per heavy atom. The summed E-state index contributed by atoms with van der Waals surface area (Å²) in [6.07, 6.45) is 0. The Morgan fingerprint density at radius 3 is 2.41 bits per heavy atom. The predicted octanol–water partition coefficient (Wildman–Crippen LogP) is 4.29. The van der Waals surface area contributed by atoms with Crippen LogP contribution < -0.4 is 4.74 Å². The molecule has 1 fully saturated rings. The van der Waals surface area contributed by atoms with Crippen molar-refractivity contribution in [3.63, 3.8) is 0 Å². The highest BCUT2D eigenvalue weighted by molar-refractivity contribution is 9.10. The van der Waals surface area contributed by atoms with Crippen LogP contribution in [-0.4, -0.2) is 19.7 Å². The molecule has 22 heavy (non-hydrogen) atoms. The molecule has 0 bridgehead atoms. The Bertz CT molecular complexity index is 711. The molecule has 0 aromatic heterocycles. The minimum absolute atomic E-state index is 0.315. The van der Waals surface area contributed by atoms with Crippen molar-refractivity contribution >= 4 is 33.5 Å². The first-order valence-electron chi connectivity index (χ1n) is 6.51. The molecule has 0 N–H and O–H groups in total. The molecule has 2 aromatic rings. The summed E-state index contributed by atoms with van der Waals surface area (Å²) >= 11 is 9.30. The molecule has 0 spiro atoms. The van der Waals surface area contributed by atoms with E-state index < -0.39 is 11.6 Å². The molecular weight excluding hydrogens is 372 g/mol. The average molecular weight is 384 g/mol. The Hall–Kier alpha value is -1.56. The van der Waals surface area contributed by atoms with E-state index in [0.717, 1.165) is 10.0 Å². The number of rotatable bonds is 4. The molecule has 0 radical (unpaired) electrons. The zero-order valence-corrected chi connectivity index (χ0v) is 14.0. The maximum absolute atomic E-state index is 11.8. The van der Waals surface area contributed by atoms with E-state index in [1.54, 1.807) is 42.5 Å². The molecule has 114 valence electrons. The normalized spacial score (nSPS) is 19.6. The Morgan fingerprint density at radius 2 is 1.86 bits per heavy atom. The van der Waals surface area contributed by atoms with E-state index >= 15 is 0 Å². The second-order valence-corrected chi connectivity index (χ2v) is 6.10. The van der Waals surface area contributed by atoms with Crippen molar-refractivity contribution in [3.8, 4) is 11.5 Å². The summed E-state index contributed by atoms with van der Waals surface area (Å²) in [7, 11) is 1.34. The lowest BCUT2D eigenvalue weighted by molar-refractivity contribution is -0.147. The van der Waals surface area contributed by atoms with Crippen LogP contribution in [0.5, 0.6) is 11.5 Å². The molecule has 0 amide bonds. The van der Waals surface area contributed by atoms with E-state index in [1.807, 2.05) is 0 Å². The fraction of sp³-hybridized carbons (Fsp3) is 0.188. The fourth-order valence-electron chi connectivity index (χ4n) is 2.15. The molecule has 1 aliphatic heterocycles. The van der Waals surface area contributed by atoms with E-state index in [-0.39, 0.29) is 0 Å². The largest absolute Gasteiger partial charge is 0.467 e. The third-order valence-corrected chi connectivity index (χ3v) is 4.28. The van der Waals surface area contributed by atoms with E-state index in [1.165, 1.54) is 7.11 Å². The summed E-state index contributed by atoms with van der Waals surface area (Å²) < 4.78 is 16.6. The van der Waals surface area contributed by atoms with Gasteiger partial charge < -0.3 is 14.2 Å². The van der Waals surface area contributed by atoms with Crippen LogP contribution in [0.3, 0.4) is 0 Å². The number of hydrogen-bond donors (Lipinski definition) is 0. The quantitative estimate of drug-likeness (QED) is 0.583. The van der Waals surface area contributed by atoms with Gasteiger partial charge in [-0.3, -0.25) is 0 Å². The van der Waals surface area contributed by atoms with Crippen LogP contribution in [0.25, 0.3) is 0 Å². The number of halogens is 2. The highest BCUT2D eigenvalue weighted by atomic mass is 79.9. The number of carbonyl (C=O) groups excluding carboxylic acids is 1. The zero-order chi connectivity index (χ0) is 15.7. The molecule has 1 aliphatic rings. The number of epoxide rings is 1. The Kier molecular flexibility index (Phi) is 4.12. The molecule has 1 unspecified atom stereocenters.